The molecule has 0 aliphatic carbocycles. The Labute approximate surface area is 115 Å². The van der Waals surface area contributed by atoms with Gasteiger partial charge in [-0.05, 0) is 44.0 Å². The second-order valence-corrected chi connectivity index (χ2v) is 5.72. The van der Waals surface area contributed by atoms with Crippen molar-refractivity contribution in [2.24, 2.45) is 10.9 Å². The number of hydrogen-bond acceptors (Lipinski definition) is 2. The van der Waals surface area contributed by atoms with E-state index in [1.165, 1.54) is 5.56 Å². The number of nitrogens with zero attached hydrogens (tertiary/aromatic N) is 2. The Kier molecular flexibility index (Phi) is 4.03. The van der Waals surface area contributed by atoms with Gasteiger partial charge in [0.15, 0.2) is 0 Å². The Morgan fingerprint density at radius 3 is 2.79 bits per heavy atom. The molecular formula is C16H22N2O. The fourth-order valence-electron chi connectivity index (χ4n) is 2.76. The van der Waals surface area contributed by atoms with Crippen molar-refractivity contribution in [2.75, 3.05) is 4.90 Å². The van der Waals surface area contributed by atoms with Crippen LogP contribution >= 0.6 is 0 Å². The normalized spacial score (nSPS) is 19.4. The van der Waals surface area contributed by atoms with Crippen LogP contribution in [0, 0.1) is 5.92 Å². The van der Waals surface area contributed by atoms with Crippen molar-refractivity contribution in [3.8, 4) is 0 Å². The molecule has 0 aromatic heterocycles. The van der Waals surface area contributed by atoms with E-state index in [0.717, 1.165) is 18.5 Å². The van der Waals surface area contributed by atoms with Crippen LogP contribution in [0.25, 0.3) is 0 Å². The van der Waals surface area contributed by atoms with E-state index in [0.29, 0.717) is 5.92 Å². The number of para-hydroxylation sites is 1. The highest BCUT2D eigenvalue weighted by molar-refractivity contribution is 6.00. The van der Waals surface area contributed by atoms with Gasteiger partial charge in [-0.3, -0.25) is 9.79 Å². The fourth-order valence-corrected chi connectivity index (χ4v) is 2.76. The van der Waals surface area contributed by atoms with E-state index in [-0.39, 0.29) is 18.0 Å². The van der Waals surface area contributed by atoms with E-state index in [1.807, 2.05) is 23.1 Å². The molecule has 2 unspecified atom stereocenters. The smallest absolute Gasteiger partial charge is 0.252 e. The summed E-state index contributed by atoms with van der Waals surface area (Å²) in [4.78, 5) is 18.6. The van der Waals surface area contributed by atoms with E-state index in [9.17, 15) is 4.79 Å². The van der Waals surface area contributed by atoms with Crippen LogP contribution in [0.4, 0.5) is 5.69 Å². The number of anilines is 1. The summed E-state index contributed by atoms with van der Waals surface area (Å²) in [7, 11) is 0. The van der Waals surface area contributed by atoms with E-state index < -0.39 is 0 Å². The van der Waals surface area contributed by atoms with E-state index in [1.54, 1.807) is 0 Å². The lowest BCUT2D eigenvalue weighted by Crippen LogP contribution is -2.42. The molecule has 1 aliphatic rings. The third-order valence-electron chi connectivity index (χ3n) is 3.64. The van der Waals surface area contributed by atoms with Crippen molar-refractivity contribution in [1.29, 1.82) is 0 Å². The first kappa shape index (κ1) is 13.8. The van der Waals surface area contributed by atoms with Gasteiger partial charge in [-0.1, -0.05) is 32.0 Å². The number of aliphatic imine (C=N–C) groups is 1. The molecule has 0 saturated heterocycles. The lowest BCUT2D eigenvalue weighted by molar-refractivity contribution is -0.120. The summed E-state index contributed by atoms with van der Waals surface area (Å²) in [6.07, 6.45) is 1.68. The highest BCUT2D eigenvalue weighted by atomic mass is 16.2. The Bertz CT molecular complexity index is 481. The molecule has 1 aliphatic heterocycles. The quantitative estimate of drug-likeness (QED) is 0.764. The highest BCUT2D eigenvalue weighted by Gasteiger charge is 2.34. The molecule has 1 aromatic rings. The standard InChI is InChI=1S/C16H22N2O/c1-11(2)9-14(17-4)16(19)18-12(3)10-13-7-5-6-8-15(13)18/h5-8,11-12,14H,4,9-10H2,1-3H3. The summed E-state index contributed by atoms with van der Waals surface area (Å²) < 4.78 is 0. The number of carbonyl (C=O) groups excluding carboxylic acids is 1. The van der Waals surface area contributed by atoms with Crippen LogP contribution < -0.4 is 4.90 Å². The molecule has 0 radical (unpaired) electrons. The first-order valence-corrected chi connectivity index (χ1v) is 6.91. The molecule has 0 saturated carbocycles. The Morgan fingerprint density at radius 1 is 1.47 bits per heavy atom. The van der Waals surface area contributed by atoms with Crippen LogP contribution in [0.2, 0.25) is 0 Å². The van der Waals surface area contributed by atoms with Crippen LogP contribution in [0.5, 0.6) is 0 Å². The molecule has 1 aromatic carbocycles. The Balaban J connectivity index is 2.26. The average Bonchev–Trinajstić information content (AvgIpc) is 2.70. The summed E-state index contributed by atoms with van der Waals surface area (Å²) >= 11 is 0. The maximum Gasteiger partial charge on any atom is 0.252 e. The second kappa shape index (κ2) is 5.55. The van der Waals surface area contributed by atoms with Crippen LogP contribution in [0.3, 0.4) is 0 Å². The fraction of sp³-hybridized carbons (Fsp3) is 0.500. The summed E-state index contributed by atoms with van der Waals surface area (Å²) in [5, 5.41) is 0. The monoisotopic (exact) mass is 258 g/mol. The van der Waals surface area contributed by atoms with Gasteiger partial charge in [0.2, 0.25) is 0 Å². The Morgan fingerprint density at radius 2 is 2.16 bits per heavy atom. The van der Waals surface area contributed by atoms with Crippen LogP contribution in [-0.2, 0) is 11.2 Å². The first-order chi connectivity index (χ1) is 9.04. The maximum absolute atomic E-state index is 12.7. The topological polar surface area (TPSA) is 32.7 Å². The molecule has 1 amide bonds. The maximum atomic E-state index is 12.7. The van der Waals surface area contributed by atoms with Gasteiger partial charge >= 0.3 is 0 Å². The summed E-state index contributed by atoms with van der Waals surface area (Å²) in [5.41, 5.74) is 2.29. The van der Waals surface area contributed by atoms with E-state index in [4.69, 9.17) is 0 Å². The highest BCUT2D eigenvalue weighted by Crippen LogP contribution is 2.33. The third kappa shape index (κ3) is 2.70. The molecule has 2 rings (SSSR count). The van der Waals surface area contributed by atoms with Crippen molar-refractivity contribution in [3.05, 3.63) is 29.8 Å². The predicted octanol–water partition coefficient (Wildman–Crippen LogP) is 3.08. The zero-order valence-electron chi connectivity index (χ0n) is 12.0. The van der Waals surface area contributed by atoms with Gasteiger partial charge in [0, 0.05) is 11.7 Å². The third-order valence-corrected chi connectivity index (χ3v) is 3.64. The van der Waals surface area contributed by atoms with Gasteiger partial charge in [-0.2, -0.15) is 0 Å². The van der Waals surface area contributed by atoms with E-state index in [2.05, 4.69) is 38.5 Å². The summed E-state index contributed by atoms with van der Waals surface area (Å²) in [6.45, 7) is 9.89. The van der Waals surface area contributed by atoms with Crippen LogP contribution in [-0.4, -0.2) is 24.7 Å². The van der Waals surface area contributed by atoms with Crippen LogP contribution in [0.15, 0.2) is 29.3 Å². The number of benzene rings is 1. The minimum absolute atomic E-state index is 0.0844. The number of amides is 1. The predicted molar refractivity (Wildman–Crippen MR) is 79.9 cm³/mol. The molecule has 0 spiro atoms. The molecular weight excluding hydrogens is 236 g/mol. The minimum Gasteiger partial charge on any atom is -0.307 e. The zero-order chi connectivity index (χ0) is 14.0. The van der Waals surface area contributed by atoms with Crippen molar-refractivity contribution >= 4 is 18.3 Å². The van der Waals surface area contributed by atoms with E-state index >= 15 is 0 Å². The average molecular weight is 258 g/mol. The molecule has 19 heavy (non-hydrogen) atoms. The molecule has 0 bridgehead atoms. The lowest BCUT2D eigenvalue weighted by Gasteiger charge is -2.26. The number of carbonyl (C=O) groups is 1. The number of hydrogen-bond donors (Lipinski definition) is 0. The lowest BCUT2D eigenvalue weighted by atomic mass is 10.0. The molecule has 1 heterocycles. The van der Waals surface area contributed by atoms with Gasteiger partial charge < -0.3 is 4.90 Å². The van der Waals surface area contributed by atoms with Gasteiger partial charge in [0.25, 0.3) is 5.91 Å². The molecule has 2 atom stereocenters. The molecule has 3 nitrogen and oxygen atoms in total. The summed E-state index contributed by atoms with van der Waals surface area (Å²) in [6, 6.07) is 8.01. The van der Waals surface area contributed by atoms with Crippen molar-refractivity contribution in [2.45, 2.75) is 45.7 Å². The van der Waals surface area contributed by atoms with Gasteiger partial charge in [0.05, 0.1) is 0 Å². The molecule has 0 fully saturated rings. The largest absolute Gasteiger partial charge is 0.307 e. The van der Waals surface area contributed by atoms with Gasteiger partial charge in [0.1, 0.15) is 6.04 Å². The number of fused-ring (bicyclic) bond motifs is 1. The van der Waals surface area contributed by atoms with Gasteiger partial charge in [-0.25, -0.2) is 0 Å². The SMILES string of the molecule is C=NC(CC(C)C)C(=O)N1c2ccccc2CC1C. The van der Waals surface area contributed by atoms with Crippen molar-refractivity contribution in [3.63, 3.8) is 0 Å². The minimum atomic E-state index is -0.325. The van der Waals surface area contributed by atoms with Crippen molar-refractivity contribution in [1.82, 2.24) is 0 Å². The van der Waals surface area contributed by atoms with Gasteiger partial charge in [-0.15, -0.1) is 0 Å². The second-order valence-electron chi connectivity index (χ2n) is 5.72. The van der Waals surface area contributed by atoms with Crippen molar-refractivity contribution < 1.29 is 4.79 Å². The molecule has 0 N–H and O–H groups in total. The first-order valence-electron chi connectivity index (χ1n) is 6.91. The number of rotatable bonds is 4. The van der Waals surface area contributed by atoms with Crippen LogP contribution in [0.1, 0.15) is 32.8 Å². The summed E-state index contributed by atoms with van der Waals surface area (Å²) in [5.74, 6) is 0.522. The zero-order valence-corrected chi connectivity index (χ0v) is 12.0. The Hall–Kier alpha value is -1.64. The molecule has 3 heteroatoms. The molecule has 102 valence electrons.